The van der Waals surface area contributed by atoms with Gasteiger partial charge in [-0.2, -0.15) is 0 Å². The van der Waals surface area contributed by atoms with Crippen LogP contribution < -0.4 is 10.6 Å². The van der Waals surface area contributed by atoms with Crippen molar-refractivity contribution >= 4 is 39.3 Å². The summed E-state index contributed by atoms with van der Waals surface area (Å²) in [5, 5.41) is 6.30. The lowest BCUT2D eigenvalue weighted by atomic mass is 10.0. The molecule has 0 aliphatic rings. The van der Waals surface area contributed by atoms with Gasteiger partial charge in [0.2, 0.25) is 5.91 Å². The molecule has 0 saturated heterocycles. The minimum absolute atomic E-state index is 0.0259. The number of amides is 1. The van der Waals surface area contributed by atoms with Gasteiger partial charge < -0.3 is 10.6 Å². The van der Waals surface area contributed by atoms with E-state index in [1.165, 1.54) is 5.56 Å². The van der Waals surface area contributed by atoms with Gasteiger partial charge in [-0.1, -0.05) is 47.1 Å². The second kappa shape index (κ2) is 9.11. The Morgan fingerprint density at radius 2 is 1.87 bits per heavy atom. The minimum atomic E-state index is -0.0259. The fourth-order valence-electron chi connectivity index (χ4n) is 2.35. The van der Waals surface area contributed by atoms with Gasteiger partial charge in [0.05, 0.1) is 12.2 Å². The highest BCUT2D eigenvalue weighted by molar-refractivity contribution is 9.10. The van der Waals surface area contributed by atoms with Crippen LogP contribution in [0.25, 0.3) is 0 Å². The molecule has 2 rings (SSSR count). The van der Waals surface area contributed by atoms with Crippen LogP contribution in [0.1, 0.15) is 24.9 Å². The lowest BCUT2D eigenvalue weighted by Gasteiger charge is -2.18. The summed E-state index contributed by atoms with van der Waals surface area (Å²) in [6.07, 6.45) is 2.93. The van der Waals surface area contributed by atoms with Gasteiger partial charge in [0.1, 0.15) is 0 Å². The van der Waals surface area contributed by atoms with Crippen molar-refractivity contribution < 1.29 is 4.79 Å². The first kappa shape index (κ1) is 18.0. The molecule has 0 aromatic heterocycles. The Labute approximate surface area is 150 Å². The highest BCUT2D eigenvalue weighted by Crippen LogP contribution is 2.24. The number of para-hydroxylation sites is 1. The molecule has 3 nitrogen and oxygen atoms in total. The zero-order chi connectivity index (χ0) is 16.7. The highest BCUT2D eigenvalue weighted by Gasteiger charge is 2.11. The van der Waals surface area contributed by atoms with Crippen LogP contribution in [-0.4, -0.2) is 18.7 Å². The van der Waals surface area contributed by atoms with Crippen LogP contribution in [0.3, 0.4) is 0 Å². The summed E-state index contributed by atoms with van der Waals surface area (Å²) in [6.45, 7) is 2.40. The fraction of sp³-hybridized carbons (Fsp3) is 0.278. The number of hydrogen-bond acceptors (Lipinski definition) is 3. The second-order valence-corrected chi connectivity index (χ2v) is 6.91. The van der Waals surface area contributed by atoms with E-state index in [0.717, 1.165) is 21.5 Å². The van der Waals surface area contributed by atoms with E-state index in [9.17, 15) is 4.79 Å². The van der Waals surface area contributed by atoms with Gasteiger partial charge in [-0.05, 0) is 42.5 Å². The van der Waals surface area contributed by atoms with Crippen molar-refractivity contribution in [2.45, 2.75) is 24.3 Å². The first-order chi connectivity index (χ1) is 11.1. The number of hydrogen-bond donors (Lipinski definition) is 2. The molecule has 0 aliphatic carbocycles. The van der Waals surface area contributed by atoms with Crippen molar-refractivity contribution in [2.24, 2.45) is 0 Å². The third-order valence-corrected chi connectivity index (χ3v) is 4.90. The Morgan fingerprint density at radius 1 is 1.17 bits per heavy atom. The van der Waals surface area contributed by atoms with Crippen molar-refractivity contribution in [1.82, 2.24) is 5.32 Å². The molecule has 2 aromatic carbocycles. The average molecular weight is 393 g/mol. The predicted molar refractivity (Wildman–Crippen MR) is 102 cm³/mol. The molecule has 0 unspecified atom stereocenters. The molecule has 1 atom stereocenters. The van der Waals surface area contributed by atoms with Crippen LogP contribution >= 0.6 is 27.7 Å². The second-order valence-electron chi connectivity index (χ2n) is 5.14. The average Bonchev–Trinajstić information content (AvgIpc) is 2.57. The zero-order valence-corrected chi connectivity index (χ0v) is 15.7. The monoisotopic (exact) mass is 392 g/mol. The number of benzene rings is 2. The maximum atomic E-state index is 12.2. The van der Waals surface area contributed by atoms with Crippen LogP contribution in [0.15, 0.2) is 57.9 Å². The molecular weight excluding hydrogens is 372 g/mol. The molecule has 0 saturated carbocycles. The maximum Gasteiger partial charge on any atom is 0.238 e. The summed E-state index contributed by atoms with van der Waals surface area (Å²) >= 11 is 5.07. The van der Waals surface area contributed by atoms with E-state index in [2.05, 4.69) is 45.6 Å². The first-order valence-corrected chi connectivity index (χ1v) is 9.57. The van der Waals surface area contributed by atoms with E-state index < -0.39 is 0 Å². The van der Waals surface area contributed by atoms with Crippen LogP contribution in [0.5, 0.6) is 0 Å². The summed E-state index contributed by atoms with van der Waals surface area (Å²) in [6, 6.07) is 16.2. The van der Waals surface area contributed by atoms with Crippen molar-refractivity contribution in [3.8, 4) is 0 Å². The predicted octanol–water partition coefficient (Wildman–Crippen LogP) is 4.85. The van der Waals surface area contributed by atoms with Gasteiger partial charge in [0.25, 0.3) is 0 Å². The highest BCUT2D eigenvalue weighted by atomic mass is 79.9. The number of nitrogens with one attached hydrogen (secondary N) is 2. The number of carbonyl (C=O) groups is 1. The number of halogens is 1. The van der Waals surface area contributed by atoms with Gasteiger partial charge in [-0.3, -0.25) is 4.79 Å². The van der Waals surface area contributed by atoms with Crippen molar-refractivity contribution in [2.75, 3.05) is 18.1 Å². The smallest absolute Gasteiger partial charge is 0.238 e. The fourth-order valence-corrected chi connectivity index (χ4v) is 3.17. The Morgan fingerprint density at radius 3 is 2.52 bits per heavy atom. The summed E-state index contributed by atoms with van der Waals surface area (Å²) in [5.74, 6) is -0.0259. The van der Waals surface area contributed by atoms with Crippen molar-refractivity contribution in [1.29, 1.82) is 0 Å². The van der Waals surface area contributed by atoms with Crippen molar-refractivity contribution in [3.63, 3.8) is 0 Å². The molecule has 5 heteroatoms. The molecule has 1 amide bonds. The molecule has 2 N–H and O–H groups in total. The molecule has 2 aromatic rings. The largest absolute Gasteiger partial charge is 0.324 e. The van der Waals surface area contributed by atoms with E-state index in [1.54, 1.807) is 11.8 Å². The van der Waals surface area contributed by atoms with E-state index >= 15 is 0 Å². The van der Waals surface area contributed by atoms with E-state index in [0.29, 0.717) is 0 Å². The molecule has 0 fully saturated rings. The van der Waals surface area contributed by atoms with E-state index in [1.807, 2.05) is 42.7 Å². The quantitative estimate of drug-likeness (QED) is 0.661. The molecule has 0 heterocycles. The zero-order valence-electron chi connectivity index (χ0n) is 13.3. The Kier molecular flexibility index (Phi) is 7.15. The van der Waals surface area contributed by atoms with Gasteiger partial charge in [-0.15, -0.1) is 11.8 Å². The normalized spacial score (nSPS) is 12.0. The number of carbonyl (C=O) groups excluding carboxylic acids is 1. The molecule has 0 spiro atoms. The Bertz CT molecular complexity index is 646. The van der Waals surface area contributed by atoms with Crippen LogP contribution in [0, 0.1) is 0 Å². The summed E-state index contributed by atoms with van der Waals surface area (Å²) in [4.78, 5) is 13.3. The number of anilines is 1. The minimum Gasteiger partial charge on any atom is -0.324 e. The maximum absolute atomic E-state index is 12.2. The SMILES string of the molecule is CC[C@@H](NCC(=O)Nc1ccccc1SC)c1ccc(Br)cc1. The standard InChI is InChI=1S/C18H21BrN2OS/c1-3-15(13-8-10-14(19)11-9-13)20-12-18(22)21-16-6-4-5-7-17(16)23-2/h4-11,15,20H,3,12H2,1-2H3,(H,21,22)/t15-/m1/s1. The van der Waals surface area contributed by atoms with Gasteiger partial charge in [0.15, 0.2) is 0 Å². The van der Waals surface area contributed by atoms with Crippen LogP contribution in [-0.2, 0) is 4.79 Å². The number of rotatable bonds is 7. The van der Waals surface area contributed by atoms with Crippen molar-refractivity contribution in [3.05, 3.63) is 58.6 Å². The first-order valence-electron chi connectivity index (χ1n) is 7.55. The molecule has 122 valence electrons. The lowest BCUT2D eigenvalue weighted by Crippen LogP contribution is -2.31. The van der Waals surface area contributed by atoms with E-state index in [-0.39, 0.29) is 18.5 Å². The van der Waals surface area contributed by atoms with E-state index in [4.69, 9.17) is 0 Å². The van der Waals surface area contributed by atoms with Crippen LogP contribution in [0.4, 0.5) is 5.69 Å². The summed E-state index contributed by atoms with van der Waals surface area (Å²) < 4.78 is 1.06. The summed E-state index contributed by atoms with van der Waals surface area (Å²) in [5.41, 5.74) is 2.05. The Balaban J connectivity index is 1.93. The molecule has 23 heavy (non-hydrogen) atoms. The van der Waals surface area contributed by atoms with Gasteiger partial charge in [0, 0.05) is 15.4 Å². The molecule has 0 bridgehead atoms. The third-order valence-electron chi connectivity index (χ3n) is 3.57. The number of thioether (sulfide) groups is 1. The molecule has 0 radical (unpaired) electrons. The topological polar surface area (TPSA) is 41.1 Å². The lowest BCUT2D eigenvalue weighted by molar-refractivity contribution is -0.115. The molecular formula is C18H21BrN2OS. The molecule has 0 aliphatic heterocycles. The van der Waals surface area contributed by atoms with Crippen LogP contribution in [0.2, 0.25) is 0 Å². The summed E-state index contributed by atoms with van der Waals surface area (Å²) in [7, 11) is 0. The van der Waals surface area contributed by atoms with Gasteiger partial charge in [-0.25, -0.2) is 0 Å². The van der Waals surface area contributed by atoms with Gasteiger partial charge >= 0.3 is 0 Å². The third kappa shape index (κ3) is 5.37. The Hall–Kier alpha value is -1.30.